The summed E-state index contributed by atoms with van der Waals surface area (Å²) in [5.74, 6) is 1.32. The number of aromatic nitrogens is 1. The van der Waals surface area contributed by atoms with E-state index >= 15 is 0 Å². The van der Waals surface area contributed by atoms with Gasteiger partial charge in [-0.2, -0.15) is 0 Å². The van der Waals surface area contributed by atoms with Gasteiger partial charge in [0.2, 0.25) is 5.88 Å². The zero-order chi connectivity index (χ0) is 10.8. The Morgan fingerprint density at radius 3 is 2.60 bits per heavy atom. The van der Waals surface area contributed by atoms with E-state index in [0.717, 1.165) is 21.1 Å². The molecule has 1 heterocycles. The van der Waals surface area contributed by atoms with E-state index in [-0.39, 0.29) is 0 Å². The first-order chi connectivity index (χ1) is 7.24. The first-order valence-corrected chi connectivity index (χ1v) is 5.22. The molecule has 0 unspecified atom stereocenters. The van der Waals surface area contributed by atoms with Crippen molar-refractivity contribution in [3.05, 3.63) is 28.7 Å². The van der Waals surface area contributed by atoms with Crippen molar-refractivity contribution in [3.8, 4) is 11.6 Å². The molecule has 4 heteroatoms. The van der Waals surface area contributed by atoms with E-state index in [4.69, 9.17) is 9.47 Å². The molecule has 0 radical (unpaired) electrons. The summed E-state index contributed by atoms with van der Waals surface area (Å²) in [6, 6.07) is 7.61. The van der Waals surface area contributed by atoms with Crippen LogP contribution in [0.3, 0.4) is 0 Å². The molecule has 0 N–H and O–H groups in total. The van der Waals surface area contributed by atoms with E-state index < -0.39 is 0 Å². The summed E-state index contributed by atoms with van der Waals surface area (Å²) in [7, 11) is 3.22. The number of rotatable bonds is 2. The van der Waals surface area contributed by atoms with Gasteiger partial charge in [-0.1, -0.05) is 15.9 Å². The molecule has 0 aliphatic rings. The average molecular weight is 268 g/mol. The van der Waals surface area contributed by atoms with Gasteiger partial charge in [0.15, 0.2) is 0 Å². The molecular formula is C11H10BrNO2. The van der Waals surface area contributed by atoms with Crippen LogP contribution in [0, 0.1) is 0 Å². The van der Waals surface area contributed by atoms with Crippen LogP contribution in [0.5, 0.6) is 11.6 Å². The molecular weight excluding hydrogens is 258 g/mol. The van der Waals surface area contributed by atoms with E-state index in [9.17, 15) is 0 Å². The summed E-state index contributed by atoms with van der Waals surface area (Å²) in [6.45, 7) is 0. The van der Waals surface area contributed by atoms with Crippen LogP contribution in [0.4, 0.5) is 0 Å². The summed E-state index contributed by atoms with van der Waals surface area (Å²) in [5.41, 5.74) is 0.856. The summed E-state index contributed by atoms with van der Waals surface area (Å²) >= 11 is 3.42. The third-order valence-electron chi connectivity index (χ3n) is 2.14. The molecule has 1 aromatic carbocycles. The Morgan fingerprint density at radius 2 is 1.93 bits per heavy atom. The molecule has 15 heavy (non-hydrogen) atoms. The second kappa shape index (κ2) is 4.06. The Morgan fingerprint density at radius 1 is 1.13 bits per heavy atom. The third-order valence-corrected chi connectivity index (χ3v) is 2.63. The number of fused-ring (bicyclic) bond motifs is 1. The summed E-state index contributed by atoms with van der Waals surface area (Å²) in [4.78, 5) is 4.32. The largest absolute Gasteiger partial charge is 0.496 e. The maximum atomic E-state index is 5.28. The van der Waals surface area contributed by atoms with E-state index in [1.165, 1.54) is 0 Å². The van der Waals surface area contributed by atoms with Crippen LogP contribution in [0.15, 0.2) is 28.7 Å². The van der Waals surface area contributed by atoms with Gasteiger partial charge in [0.25, 0.3) is 0 Å². The van der Waals surface area contributed by atoms with Gasteiger partial charge in [-0.3, -0.25) is 0 Å². The van der Waals surface area contributed by atoms with Gasteiger partial charge in [0.1, 0.15) is 5.75 Å². The third kappa shape index (κ3) is 1.90. The molecule has 0 saturated carbocycles. The summed E-state index contributed by atoms with van der Waals surface area (Å²) in [5, 5.41) is 0.965. The Kier molecular flexibility index (Phi) is 2.77. The maximum absolute atomic E-state index is 5.28. The highest BCUT2D eigenvalue weighted by atomic mass is 79.9. The zero-order valence-electron chi connectivity index (χ0n) is 8.45. The summed E-state index contributed by atoms with van der Waals surface area (Å²) in [6.07, 6.45) is 0. The first kappa shape index (κ1) is 10.2. The standard InChI is InChI=1S/C11H10BrNO2/c1-14-10-6-11(15-2)13-9-4-3-7(12)5-8(9)10/h3-6H,1-2H3. The number of methoxy groups -OCH3 is 2. The molecule has 0 atom stereocenters. The van der Waals surface area contributed by atoms with Gasteiger partial charge in [-0.25, -0.2) is 4.98 Å². The van der Waals surface area contributed by atoms with Crippen molar-refractivity contribution in [1.29, 1.82) is 0 Å². The van der Waals surface area contributed by atoms with Crippen LogP contribution in [0.2, 0.25) is 0 Å². The molecule has 2 rings (SSSR count). The quantitative estimate of drug-likeness (QED) is 0.838. The highest BCUT2D eigenvalue weighted by Gasteiger charge is 2.06. The molecule has 2 aromatic rings. The normalized spacial score (nSPS) is 10.3. The van der Waals surface area contributed by atoms with Crippen molar-refractivity contribution < 1.29 is 9.47 Å². The Bertz CT molecular complexity index is 499. The molecule has 0 aliphatic heterocycles. The SMILES string of the molecule is COc1cc(OC)c2cc(Br)ccc2n1. The predicted molar refractivity (Wildman–Crippen MR) is 62.5 cm³/mol. The minimum absolute atomic E-state index is 0.557. The topological polar surface area (TPSA) is 31.4 Å². The van der Waals surface area contributed by atoms with Gasteiger partial charge in [-0.15, -0.1) is 0 Å². The lowest BCUT2D eigenvalue weighted by atomic mass is 10.2. The molecule has 0 saturated heterocycles. The maximum Gasteiger partial charge on any atom is 0.217 e. The highest BCUT2D eigenvalue weighted by molar-refractivity contribution is 9.10. The van der Waals surface area contributed by atoms with Crippen LogP contribution in [0.1, 0.15) is 0 Å². The molecule has 0 spiro atoms. The van der Waals surface area contributed by atoms with Crippen molar-refractivity contribution in [1.82, 2.24) is 4.98 Å². The van der Waals surface area contributed by atoms with Crippen LogP contribution < -0.4 is 9.47 Å². The molecule has 78 valence electrons. The zero-order valence-corrected chi connectivity index (χ0v) is 10.0. The number of hydrogen-bond acceptors (Lipinski definition) is 3. The van der Waals surface area contributed by atoms with Gasteiger partial charge in [0, 0.05) is 15.9 Å². The minimum atomic E-state index is 0.557. The van der Waals surface area contributed by atoms with E-state index in [0.29, 0.717) is 5.88 Å². The lowest BCUT2D eigenvalue weighted by Gasteiger charge is -2.07. The van der Waals surface area contributed by atoms with Crippen molar-refractivity contribution in [2.75, 3.05) is 14.2 Å². The van der Waals surface area contributed by atoms with E-state index in [2.05, 4.69) is 20.9 Å². The molecule has 0 bridgehead atoms. The molecule has 3 nitrogen and oxygen atoms in total. The van der Waals surface area contributed by atoms with Crippen LogP contribution in [0.25, 0.3) is 10.9 Å². The second-order valence-electron chi connectivity index (χ2n) is 3.03. The molecule has 0 aliphatic carbocycles. The second-order valence-corrected chi connectivity index (χ2v) is 3.94. The minimum Gasteiger partial charge on any atom is -0.496 e. The molecule has 0 fully saturated rings. The number of pyridine rings is 1. The lowest BCUT2D eigenvalue weighted by molar-refractivity contribution is 0.386. The Labute approximate surface area is 96.2 Å². The van der Waals surface area contributed by atoms with Crippen LogP contribution >= 0.6 is 15.9 Å². The number of nitrogens with zero attached hydrogens (tertiary/aromatic N) is 1. The molecule has 0 amide bonds. The van der Waals surface area contributed by atoms with E-state index in [1.807, 2.05) is 18.2 Å². The van der Waals surface area contributed by atoms with Crippen molar-refractivity contribution >= 4 is 26.8 Å². The van der Waals surface area contributed by atoms with Crippen molar-refractivity contribution in [2.45, 2.75) is 0 Å². The number of ether oxygens (including phenoxy) is 2. The van der Waals surface area contributed by atoms with Crippen LogP contribution in [-0.4, -0.2) is 19.2 Å². The average Bonchev–Trinajstić information content (AvgIpc) is 2.27. The predicted octanol–water partition coefficient (Wildman–Crippen LogP) is 3.01. The van der Waals surface area contributed by atoms with Crippen LogP contribution in [-0.2, 0) is 0 Å². The highest BCUT2D eigenvalue weighted by Crippen LogP contribution is 2.30. The first-order valence-electron chi connectivity index (χ1n) is 4.43. The molecule has 1 aromatic heterocycles. The lowest BCUT2D eigenvalue weighted by Crippen LogP contribution is -1.92. The monoisotopic (exact) mass is 267 g/mol. The Balaban J connectivity index is 2.75. The fraction of sp³-hybridized carbons (Fsp3) is 0.182. The van der Waals surface area contributed by atoms with Gasteiger partial charge in [0.05, 0.1) is 19.7 Å². The Hall–Kier alpha value is -1.29. The number of benzene rings is 1. The number of halogens is 1. The van der Waals surface area contributed by atoms with Crippen molar-refractivity contribution in [3.63, 3.8) is 0 Å². The van der Waals surface area contributed by atoms with Gasteiger partial charge >= 0.3 is 0 Å². The van der Waals surface area contributed by atoms with Gasteiger partial charge in [-0.05, 0) is 18.2 Å². The van der Waals surface area contributed by atoms with Gasteiger partial charge < -0.3 is 9.47 Å². The summed E-state index contributed by atoms with van der Waals surface area (Å²) < 4.78 is 11.4. The fourth-order valence-corrected chi connectivity index (χ4v) is 1.78. The van der Waals surface area contributed by atoms with E-state index in [1.54, 1.807) is 20.3 Å². The van der Waals surface area contributed by atoms with Crippen molar-refractivity contribution in [2.24, 2.45) is 0 Å². The fourth-order valence-electron chi connectivity index (χ4n) is 1.42. The number of hydrogen-bond donors (Lipinski definition) is 0. The smallest absolute Gasteiger partial charge is 0.217 e.